The number of carbonyl (C=O) groups is 2. The lowest BCUT2D eigenvalue weighted by atomic mass is 10.1. The largest absolute Gasteiger partial charge is 0.309 e. The van der Waals surface area contributed by atoms with Crippen LogP contribution in [0, 0.1) is 13.8 Å². The molecule has 2 aromatic carbocycles. The Morgan fingerprint density at radius 3 is 2.24 bits per heavy atom. The van der Waals surface area contributed by atoms with E-state index in [0.29, 0.717) is 22.8 Å². The molecule has 29 heavy (non-hydrogen) atoms. The monoisotopic (exact) mass is 409 g/mol. The first-order valence-corrected chi connectivity index (χ1v) is 10.5. The smallest absolute Gasteiger partial charge is 0.260 e. The topological polar surface area (TPSA) is 53.5 Å². The van der Waals surface area contributed by atoms with E-state index in [-0.39, 0.29) is 11.7 Å². The standard InChI is InChI=1S/C23H27N3O2S/c1-15-7-12-20-21(16(15)2)24-23(29-20)26(14-6-13-25(4)5)22(28)19-10-8-18(9-11-19)17(3)27/h7-12H,6,13-14H2,1-5H3. The minimum atomic E-state index is -0.0905. The summed E-state index contributed by atoms with van der Waals surface area (Å²) >= 11 is 1.54. The normalized spacial score (nSPS) is 11.2. The number of hydrogen-bond donors (Lipinski definition) is 0. The van der Waals surface area contributed by atoms with Crippen LogP contribution in [0.2, 0.25) is 0 Å². The number of hydrogen-bond acceptors (Lipinski definition) is 5. The van der Waals surface area contributed by atoms with Crippen LogP contribution in [0.1, 0.15) is 45.2 Å². The van der Waals surface area contributed by atoms with Gasteiger partial charge in [-0.15, -0.1) is 0 Å². The van der Waals surface area contributed by atoms with Crippen LogP contribution in [-0.4, -0.2) is 48.8 Å². The number of Topliss-reactive ketones (excluding diaryl/α,β-unsaturated/α-hetero) is 1. The van der Waals surface area contributed by atoms with Gasteiger partial charge in [-0.2, -0.15) is 0 Å². The Kier molecular flexibility index (Phi) is 6.45. The van der Waals surface area contributed by atoms with Crippen LogP contribution in [-0.2, 0) is 0 Å². The first-order valence-electron chi connectivity index (χ1n) is 9.72. The molecule has 5 nitrogen and oxygen atoms in total. The van der Waals surface area contributed by atoms with E-state index in [0.717, 1.165) is 28.7 Å². The van der Waals surface area contributed by atoms with E-state index in [9.17, 15) is 9.59 Å². The van der Waals surface area contributed by atoms with Gasteiger partial charge in [0.2, 0.25) is 0 Å². The molecule has 0 N–H and O–H groups in total. The Bertz CT molecular complexity index is 1040. The second kappa shape index (κ2) is 8.84. The number of aromatic nitrogens is 1. The van der Waals surface area contributed by atoms with Crippen molar-refractivity contribution in [3.63, 3.8) is 0 Å². The fourth-order valence-electron chi connectivity index (χ4n) is 3.16. The number of amides is 1. The summed E-state index contributed by atoms with van der Waals surface area (Å²) in [4.78, 5) is 33.6. The van der Waals surface area contributed by atoms with Gasteiger partial charge in [-0.3, -0.25) is 14.5 Å². The van der Waals surface area contributed by atoms with Crippen molar-refractivity contribution >= 4 is 38.4 Å². The zero-order valence-electron chi connectivity index (χ0n) is 17.7. The molecule has 1 aromatic heterocycles. The quantitative estimate of drug-likeness (QED) is 0.530. The number of benzene rings is 2. The number of thiazole rings is 1. The molecule has 0 unspecified atom stereocenters. The molecular formula is C23H27N3O2S. The number of nitrogens with zero attached hydrogens (tertiary/aromatic N) is 3. The Morgan fingerprint density at radius 1 is 0.966 bits per heavy atom. The highest BCUT2D eigenvalue weighted by Gasteiger charge is 2.22. The molecule has 152 valence electrons. The van der Waals surface area contributed by atoms with E-state index in [2.05, 4.69) is 30.9 Å². The maximum atomic E-state index is 13.3. The maximum Gasteiger partial charge on any atom is 0.260 e. The van der Waals surface area contributed by atoms with Gasteiger partial charge in [0, 0.05) is 17.7 Å². The third-order valence-electron chi connectivity index (χ3n) is 5.07. The lowest BCUT2D eigenvalue weighted by Crippen LogP contribution is -2.33. The average Bonchev–Trinajstić information content (AvgIpc) is 3.12. The number of rotatable bonds is 7. The molecule has 6 heteroatoms. The van der Waals surface area contributed by atoms with Gasteiger partial charge >= 0.3 is 0 Å². The van der Waals surface area contributed by atoms with Gasteiger partial charge in [0.05, 0.1) is 10.2 Å². The molecule has 3 aromatic rings. The summed E-state index contributed by atoms with van der Waals surface area (Å²) in [5.41, 5.74) is 4.47. The third-order valence-corrected chi connectivity index (χ3v) is 6.12. The van der Waals surface area contributed by atoms with Crippen molar-refractivity contribution in [3.8, 4) is 0 Å². The summed E-state index contributed by atoms with van der Waals surface area (Å²) in [7, 11) is 4.05. The second-order valence-electron chi connectivity index (χ2n) is 7.60. The van der Waals surface area contributed by atoms with Gasteiger partial charge in [0.15, 0.2) is 10.9 Å². The zero-order valence-corrected chi connectivity index (χ0v) is 18.5. The Hall–Kier alpha value is -2.57. The summed E-state index contributed by atoms with van der Waals surface area (Å²) in [6.45, 7) is 7.14. The predicted molar refractivity (Wildman–Crippen MR) is 120 cm³/mol. The van der Waals surface area contributed by atoms with Crippen LogP contribution in [0.5, 0.6) is 0 Å². The first-order chi connectivity index (χ1) is 13.8. The van der Waals surface area contributed by atoms with Gasteiger partial charge in [-0.05, 0) is 77.2 Å². The molecule has 0 spiro atoms. The van der Waals surface area contributed by atoms with Gasteiger partial charge in [0.25, 0.3) is 5.91 Å². The lowest BCUT2D eigenvalue weighted by molar-refractivity contribution is 0.0981. The van der Waals surface area contributed by atoms with Gasteiger partial charge in [0.1, 0.15) is 0 Å². The molecule has 0 saturated heterocycles. The SMILES string of the molecule is CC(=O)c1ccc(C(=O)N(CCCN(C)C)c2nc3c(C)c(C)ccc3s2)cc1. The molecule has 0 aliphatic carbocycles. The van der Waals surface area contributed by atoms with Crippen molar-refractivity contribution in [2.75, 3.05) is 32.1 Å². The van der Waals surface area contributed by atoms with Gasteiger partial charge in [-0.25, -0.2) is 4.98 Å². The van der Waals surface area contributed by atoms with Crippen LogP contribution < -0.4 is 4.90 Å². The highest BCUT2D eigenvalue weighted by atomic mass is 32.1. The minimum Gasteiger partial charge on any atom is -0.309 e. The Morgan fingerprint density at radius 2 is 1.62 bits per heavy atom. The summed E-state index contributed by atoms with van der Waals surface area (Å²) in [5, 5.41) is 0.716. The van der Waals surface area contributed by atoms with E-state index in [1.165, 1.54) is 12.5 Å². The molecule has 0 saturated carbocycles. The van der Waals surface area contributed by atoms with Crippen LogP contribution in [0.4, 0.5) is 5.13 Å². The molecule has 0 radical (unpaired) electrons. The fourth-order valence-corrected chi connectivity index (χ4v) is 4.21. The van der Waals surface area contributed by atoms with E-state index >= 15 is 0 Å². The van der Waals surface area contributed by atoms with Crippen LogP contribution in [0.3, 0.4) is 0 Å². The van der Waals surface area contributed by atoms with Crippen molar-refractivity contribution < 1.29 is 9.59 Å². The molecule has 0 bridgehead atoms. The molecule has 0 aliphatic rings. The highest BCUT2D eigenvalue weighted by Crippen LogP contribution is 2.32. The van der Waals surface area contributed by atoms with E-state index in [1.807, 2.05) is 14.1 Å². The van der Waals surface area contributed by atoms with Crippen molar-refractivity contribution in [2.24, 2.45) is 0 Å². The first kappa shape index (κ1) is 21.1. The number of aryl methyl sites for hydroxylation is 2. The molecular weight excluding hydrogens is 382 g/mol. The van der Waals surface area contributed by atoms with Crippen LogP contribution in [0.15, 0.2) is 36.4 Å². The van der Waals surface area contributed by atoms with Gasteiger partial charge < -0.3 is 4.90 Å². The summed E-state index contributed by atoms with van der Waals surface area (Å²) < 4.78 is 1.08. The number of fused-ring (bicyclic) bond motifs is 1. The number of ketones is 1. The third kappa shape index (κ3) is 4.71. The minimum absolute atomic E-state index is 0.0103. The zero-order chi connectivity index (χ0) is 21.1. The van der Waals surface area contributed by atoms with E-state index < -0.39 is 0 Å². The lowest BCUT2D eigenvalue weighted by Gasteiger charge is -2.21. The molecule has 0 fully saturated rings. The molecule has 1 amide bonds. The Labute approximate surface area is 176 Å². The van der Waals surface area contributed by atoms with Gasteiger partial charge in [-0.1, -0.05) is 29.5 Å². The van der Waals surface area contributed by atoms with E-state index in [1.54, 1.807) is 40.5 Å². The Balaban J connectivity index is 1.96. The molecule has 1 heterocycles. The molecule has 0 atom stereocenters. The fraction of sp³-hybridized carbons (Fsp3) is 0.348. The van der Waals surface area contributed by atoms with Crippen LogP contribution >= 0.6 is 11.3 Å². The second-order valence-corrected chi connectivity index (χ2v) is 8.61. The van der Waals surface area contributed by atoms with Crippen molar-refractivity contribution in [1.82, 2.24) is 9.88 Å². The van der Waals surface area contributed by atoms with Crippen molar-refractivity contribution in [2.45, 2.75) is 27.2 Å². The molecule has 3 rings (SSSR count). The number of carbonyl (C=O) groups excluding carboxylic acids is 2. The highest BCUT2D eigenvalue weighted by molar-refractivity contribution is 7.22. The summed E-state index contributed by atoms with van der Waals surface area (Å²) in [6, 6.07) is 11.0. The van der Waals surface area contributed by atoms with Crippen LogP contribution in [0.25, 0.3) is 10.2 Å². The van der Waals surface area contributed by atoms with E-state index in [4.69, 9.17) is 4.98 Å². The maximum absolute atomic E-state index is 13.3. The summed E-state index contributed by atoms with van der Waals surface area (Å²) in [5.74, 6) is -0.101. The molecule has 0 aliphatic heterocycles. The average molecular weight is 410 g/mol. The van der Waals surface area contributed by atoms with Crippen molar-refractivity contribution in [1.29, 1.82) is 0 Å². The summed E-state index contributed by atoms with van der Waals surface area (Å²) in [6.07, 6.45) is 0.845. The number of anilines is 1. The predicted octanol–water partition coefficient (Wildman–Crippen LogP) is 4.71. The van der Waals surface area contributed by atoms with Crippen molar-refractivity contribution in [3.05, 3.63) is 58.7 Å².